The van der Waals surface area contributed by atoms with Crippen LogP contribution in [0.5, 0.6) is 0 Å². The molecule has 2 aromatic heterocycles. The van der Waals surface area contributed by atoms with E-state index in [-0.39, 0.29) is 0 Å². The number of aryl methyl sites for hydroxylation is 2. The van der Waals surface area contributed by atoms with Crippen molar-refractivity contribution in [2.75, 3.05) is 0 Å². The number of nitrogens with zero attached hydrogens (tertiary/aromatic N) is 2. The van der Waals surface area contributed by atoms with Crippen molar-refractivity contribution < 1.29 is 0 Å². The molecule has 0 atom stereocenters. The fourth-order valence-corrected chi connectivity index (χ4v) is 4.24. The maximum absolute atomic E-state index is 2.24. The molecule has 0 unspecified atom stereocenters. The van der Waals surface area contributed by atoms with Crippen molar-refractivity contribution in [3.63, 3.8) is 0 Å². The topological polar surface area (TPSA) is 9.86 Å². The summed E-state index contributed by atoms with van der Waals surface area (Å²) < 4.78 is 4.48. The Hall–Kier alpha value is -3.52. The van der Waals surface area contributed by atoms with E-state index in [2.05, 4.69) is 120 Å². The SMILES string of the molecule is CC.CC.CC.CC.CC.CC.CC.CC.Cn1c2ccccc2c2ccccc21.Cn1c2ccccc2c2ccccc21. The normalized spacial score (nSPS) is 8.23. The molecular formula is C42H70N2. The average molecular weight is 603 g/mol. The first-order valence-corrected chi connectivity index (χ1v) is 17.6. The molecule has 0 spiro atoms. The summed E-state index contributed by atoms with van der Waals surface area (Å²) in [6.07, 6.45) is 0. The number of benzene rings is 4. The van der Waals surface area contributed by atoms with Gasteiger partial charge in [-0.2, -0.15) is 0 Å². The third-order valence-electron chi connectivity index (χ3n) is 5.64. The van der Waals surface area contributed by atoms with E-state index in [1.165, 1.54) is 43.6 Å². The van der Waals surface area contributed by atoms with Crippen LogP contribution in [0.2, 0.25) is 0 Å². The summed E-state index contributed by atoms with van der Waals surface area (Å²) in [5, 5.41) is 5.35. The number of para-hydroxylation sites is 4. The Morgan fingerprint density at radius 3 is 0.545 bits per heavy atom. The van der Waals surface area contributed by atoms with Gasteiger partial charge < -0.3 is 9.13 Å². The van der Waals surface area contributed by atoms with Gasteiger partial charge in [0.15, 0.2) is 0 Å². The van der Waals surface area contributed by atoms with Gasteiger partial charge in [0, 0.05) is 57.7 Å². The van der Waals surface area contributed by atoms with Gasteiger partial charge in [0.25, 0.3) is 0 Å². The summed E-state index contributed by atoms with van der Waals surface area (Å²) in [6, 6.07) is 34.1. The van der Waals surface area contributed by atoms with E-state index in [4.69, 9.17) is 0 Å². The molecule has 0 aliphatic heterocycles. The zero-order valence-electron chi connectivity index (χ0n) is 32.1. The zero-order chi connectivity index (χ0) is 35.1. The Balaban J connectivity index is -0.000000251. The molecule has 248 valence electrons. The minimum Gasteiger partial charge on any atom is -0.344 e. The predicted octanol–water partition coefficient (Wildman–Crippen LogP) is 14.9. The third-order valence-corrected chi connectivity index (χ3v) is 5.64. The maximum atomic E-state index is 2.24. The van der Waals surface area contributed by atoms with E-state index < -0.39 is 0 Å². The second kappa shape index (κ2) is 32.4. The van der Waals surface area contributed by atoms with E-state index in [9.17, 15) is 0 Å². The molecule has 0 fully saturated rings. The van der Waals surface area contributed by atoms with Crippen LogP contribution in [0.1, 0.15) is 111 Å². The Kier molecular flexibility index (Phi) is 34.9. The van der Waals surface area contributed by atoms with Crippen LogP contribution < -0.4 is 0 Å². The lowest BCUT2D eigenvalue weighted by molar-refractivity contribution is 1.01. The van der Waals surface area contributed by atoms with Crippen molar-refractivity contribution in [3.05, 3.63) is 97.1 Å². The van der Waals surface area contributed by atoms with Gasteiger partial charge in [-0.05, 0) is 24.3 Å². The number of rotatable bonds is 0. The lowest BCUT2D eigenvalue weighted by Gasteiger charge is -1.95. The Bertz CT molecular complexity index is 1220. The highest BCUT2D eigenvalue weighted by Crippen LogP contribution is 2.28. The van der Waals surface area contributed by atoms with Gasteiger partial charge in [-0.3, -0.25) is 0 Å². The largest absolute Gasteiger partial charge is 0.344 e. The third kappa shape index (κ3) is 13.0. The molecule has 2 nitrogen and oxygen atoms in total. The van der Waals surface area contributed by atoms with Crippen LogP contribution in [0.4, 0.5) is 0 Å². The van der Waals surface area contributed by atoms with E-state index in [0.717, 1.165) is 0 Å². The summed E-state index contributed by atoms with van der Waals surface area (Å²) in [4.78, 5) is 0. The van der Waals surface area contributed by atoms with Gasteiger partial charge in [-0.1, -0.05) is 184 Å². The summed E-state index contributed by atoms with van der Waals surface area (Å²) in [6.45, 7) is 32.0. The summed E-state index contributed by atoms with van der Waals surface area (Å²) in [5.41, 5.74) is 5.20. The number of aromatic nitrogens is 2. The van der Waals surface area contributed by atoms with Crippen molar-refractivity contribution >= 4 is 43.6 Å². The summed E-state index contributed by atoms with van der Waals surface area (Å²) in [5.74, 6) is 0. The summed E-state index contributed by atoms with van der Waals surface area (Å²) in [7, 11) is 4.23. The lowest BCUT2D eigenvalue weighted by Crippen LogP contribution is -1.84. The maximum Gasteiger partial charge on any atom is 0.0488 e. The van der Waals surface area contributed by atoms with Crippen molar-refractivity contribution in [1.82, 2.24) is 9.13 Å². The van der Waals surface area contributed by atoms with E-state index in [1.54, 1.807) is 0 Å². The number of hydrogen-bond acceptors (Lipinski definition) is 0. The van der Waals surface area contributed by atoms with Gasteiger partial charge in [-0.25, -0.2) is 0 Å². The molecule has 2 heteroatoms. The van der Waals surface area contributed by atoms with Crippen LogP contribution in [0.15, 0.2) is 97.1 Å². The van der Waals surface area contributed by atoms with Gasteiger partial charge in [0.05, 0.1) is 0 Å². The van der Waals surface area contributed by atoms with E-state index >= 15 is 0 Å². The van der Waals surface area contributed by atoms with Gasteiger partial charge >= 0.3 is 0 Å². The first-order valence-electron chi connectivity index (χ1n) is 17.6. The Labute approximate surface area is 274 Å². The van der Waals surface area contributed by atoms with Crippen LogP contribution in [0.3, 0.4) is 0 Å². The fourth-order valence-electron chi connectivity index (χ4n) is 4.24. The van der Waals surface area contributed by atoms with Crippen molar-refractivity contribution in [1.29, 1.82) is 0 Å². The fraction of sp³-hybridized carbons (Fsp3) is 0.429. The molecule has 0 saturated carbocycles. The molecular weight excluding hydrogens is 532 g/mol. The number of fused-ring (bicyclic) bond motifs is 6. The Morgan fingerprint density at radius 2 is 0.386 bits per heavy atom. The van der Waals surface area contributed by atoms with Crippen LogP contribution in [0, 0.1) is 0 Å². The van der Waals surface area contributed by atoms with Crippen molar-refractivity contribution in [3.8, 4) is 0 Å². The average Bonchev–Trinajstić information content (AvgIpc) is 3.63. The smallest absolute Gasteiger partial charge is 0.0488 e. The van der Waals surface area contributed by atoms with Crippen LogP contribution in [0.25, 0.3) is 43.6 Å². The van der Waals surface area contributed by atoms with Crippen molar-refractivity contribution in [2.24, 2.45) is 14.1 Å². The minimum absolute atomic E-state index is 1.30. The summed E-state index contributed by atoms with van der Waals surface area (Å²) >= 11 is 0. The standard InChI is InChI=1S/2C13H11N.8C2H6/c2*1-14-12-8-4-2-6-10(12)11-7-3-5-9-13(11)14;8*1-2/h2*2-9H,1H3;8*1-2H3. The second-order valence-electron chi connectivity index (χ2n) is 7.19. The molecule has 6 aromatic rings. The monoisotopic (exact) mass is 603 g/mol. The molecule has 6 rings (SSSR count). The zero-order valence-corrected chi connectivity index (χ0v) is 32.1. The molecule has 0 amide bonds. The lowest BCUT2D eigenvalue weighted by atomic mass is 10.2. The van der Waals surface area contributed by atoms with Gasteiger partial charge in [0.2, 0.25) is 0 Å². The molecule has 0 N–H and O–H groups in total. The van der Waals surface area contributed by atoms with Crippen LogP contribution in [-0.4, -0.2) is 9.13 Å². The van der Waals surface area contributed by atoms with Gasteiger partial charge in [0.1, 0.15) is 0 Å². The Morgan fingerprint density at radius 1 is 0.250 bits per heavy atom. The molecule has 0 saturated heterocycles. The van der Waals surface area contributed by atoms with Crippen LogP contribution in [-0.2, 0) is 14.1 Å². The van der Waals surface area contributed by atoms with Crippen LogP contribution >= 0.6 is 0 Å². The highest BCUT2D eigenvalue weighted by atomic mass is 14.9. The first kappa shape index (κ1) is 47.4. The van der Waals surface area contributed by atoms with E-state index in [1.807, 2.05) is 111 Å². The molecule has 0 bridgehead atoms. The highest BCUT2D eigenvalue weighted by molar-refractivity contribution is 6.08. The second-order valence-corrected chi connectivity index (χ2v) is 7.19. The molecule has 44 heavy (non-hydrogen) atoms. The minimum atomic E-state index is 1.30. The molecule has 2 heterocycles. The van der Waals surface area contributed by atoms with Crippen molar-refractivity contribution in [2.45, 2.75) is 111 Å². The molecule has 0 radical (unpaired) electrons. The first-order chi connectivity index (χ1) is 21.8. The molecule has 0 aliphatic rings. The number of hydrogen-bond donors (Lipinski definition) is 0. The molecule has 4 aromatic carbocycles. The van der Waals surface area contributed by atoms with Gasteiger partial charge in [-0.15, -0.1) is 0 Å². The van der Waals surface area contributed by atoms with E-state index in [0.29, 0.717) is 0 Å². The quantitative estimate of drug-likeness (QED) is 0.164. The predicted molar refractivity (Wildman–Crippen MR) is 212 cm³/mol. The molecule has 0 aliphatic carbocycles. The highest BCUT2D eigenvalue weighted by Gasteiger charge is 2.06.